The Balaban J connectivity index is 2.02. The van der Waals surface area contributed by atoms with E-state index in [1.54, 1.807) is 6.92 Å². The first kappa shape index (κ1) is 14.4. The highest BCUT2D eigenvalue weighted by Crippen LogP contribution is 2.37. The van der Waals surface area contributed by atoms with Gasteiger partial charge in [-0.15, -0.1) is 0 Å². The number of benzene rings is 1. The molecule has 2 aromatic rings. The lowest BCUT2D eigenvalue weighted by Crippen LogP contribution is -2.08. The van der Waals surface area contributed by atoms with E-state index in [-0.39, 0.29) is 5.78 Å². The highest BCUT2D eigenvalue weighted by atomic mass is 16.1. The molecular formula is C19H25NO. The molecule has 2 nitrogen and oxygen atoms in total. The minimum atomic E-state index is 0.283. The SMILES string of the molecule is CC(=O)CCc1c(C2CCCCC2)[nH]c2cc(C)ccc12. The van der Waals surface area contributed by atoms with Crippen LogP contribution in [0.5, 0.6) is 0 Å². The predicted octanol–water partition coefficient (Wildman–Crippen LogP) is 5.05. The van der Waals surface area contributed by atoms with Crippen LogP contribution in [0.25, 0.3) is 10.9 Å². The molecule has 1 aromatic carbocycles. The van der Waals surface area contributed by atoms with Gasteiger partial charge in [0.1, 0.15) is 5.78 Å². The van der Waals surface area contributed by atoms with Gasteiger partial charge in [0.05, 0.1) is 0 Å². The second-order valence-electron chi connectivity index (χ2n) is 6.60. The molecule has 1 fully saturated rings. The third-order valence-electron chi connectivity index (χ3n) is 4.84. The summed E-state index contributed by atoms with van der Waals surface area (Å²) in [5.74, 6) is 0.944. The summed E-state index contributed by atoms with van der Waals surface area (Å²) < 4.78 is 0. The number of aromatic amines is 1. The van der Waals surface area contributed by atoms with Crippen molar-refractivity contribution in [3.8, 4) is 0 Å². The van der Waals surface area contributed by atoms with Crippen LogP contribution in [0.2, 0.25) is 0 Å². The zero-order valence-electron chi connectivity index (χ0n) is 13.2. The van der Waals surface area contributed by atoms with Crippen molar-refractivity contribution in [1.29, 1.82) is 0 Å². The standard InChI is InChI=1S/C19H25NO/c1-13-8-10-16-17(11-9-14(2)21)19(20-18(16)12-13)15-6-4-3-5-7-15/h8,10,12,15,20H,3-7,9,11H2,1-2H3. The Morgan fingerprint density at radius 1 is 1.24 bits per heavy atom. The summed E-state index contributed by atoms with van der Waals surface area (Å²) in [7, 11) is 0. The number of H-pyrrole nitrogens is 1. The Morgan fingerprint density at radius 3 is 2.71 bits per heavy atom. The van der Waals surface area contributed by atoms with Gasteiger partial charge in [-0.1, -0.05) is 31.4 Å². The van der Waals surface area contributed by atoms with Gasteiger partial charge in [0.15, 0.2) is 0 Å². The second kappa shape index (κ2) is 6.05. The van der Waals surface area contributed by atoms with Crippen LogP contribution in [-0.4, -0.2) is 10.8 Å². The average Bonchev–Trinajstić information content (AvgIpc) is 2.83. The van der Waals surface area contributed by atoms with Crippen LogP contribution in [0.15, 0.2) is 18.2 Å². The molecule has 1 aliphatic rings. The van der Waals surface area contributed by atoms with Gasteiger partial charge in [-0.05, 0) is 56.2 Å². The van der Waals surface area contributed by atoms with Crippen molar-refractivity contribution in [1.82, 2.24) is 4.98 Å². The molecule has 1 aromatic heterocycles. The number of aryl methyl sites for hydroxylation is 2. The van der Waals surface area contributed by atoms with E-state index in [1.807, 2.05) is 0 Å². The number of rotatable bonds is 4. The van der Waals surface area contributed by atoms with Crippen LogP contribution in [0.4, 0.5) is 0 Å². The van der Waals surface area contributed by atoms with Crippen molar-refractivity contribution in [3.05, 3.63) is 35.0 Å². The summed E-state index contributed by atoms with van der Waals surface area (Å²) in [4.78, 5) is 15.1. The molecule has 0 radical (unpaired) electrons. The maximum absolute atomic E-state index is 11.4. The number of ketones is 1. The summed E-state index contributed by atoms with van der Waals surface area (Å²) >= 11 is 0. The molecule has 112 valence electrons. The van der Waals surface area contributed by atoms with Crippen LogP contribution < -0.4 is 0 Å². The number of hydrogen-bond donors (Lipinski definition) is 1. The molecule has 1 heterocycles. The monoisotopic (exact) mass is 283 g/mol. The summed E-state index contributed by atoms with van der Waals surface area (Å²) in [6.45, 7) is 3.83. The van der Waals surface area contributed by atoms with Crippen LogP contribution in [0.1, 0.15) is 68.2 Å². The first-order valence-electron chi connectivity index (χ1n) is 8.25. The van der Waals surface area contributed by atoms with E-state index in [4.69, 9.17) is 0 Å². The Morgan fingerprint density at radius 2 is 2.00 bits per heavy atom. The van der Waals surface area contributed by atoms with Gasteiger partial charge in [0.2, 0.25) is 0 Å². The lowest BCUT2D eigenvalue weighted by atomic mass is 9.84. The lowest BCUT2D eigenvalue weighted by molar-refractivity contribution is -0.116. The number of aromatic nitrogens is 1. The molecule has 2 heteroatoms. The normalized spacial score (nSPS) is 16.5. The molecule has 1 saturated carbocycles. The number of carbonyl (C=O) groups is 1. The lowest BCUT2D eigenvalue weighted by Gasteiger charge is -2.22. The van der Waals surface area contributed by atoms with E-state index >= 15 is 0 Å². The molecule has 1 aliphatic carbocycles. The minimum absolute atomic E-state index is 0.283. The van der Waals surface area contributed by atoms with E-state index in [2.05, 4.69) is 30.1 Å². The fraction of sp³-hybridized carbons (Fsp3) is 0.526. The quantitative estimate of drug-likeness (QED) is 0.837. The van der Waals surface area contributed by atoms with Crippen molar-refractivity contribution < 1.29 is 4.79 Å². The minimum Gasteiger partial charge on any atom is -0.358 e. The van der Waals surface area contributed by atoms with Gasteiger partial charge in [-0.25, -0.2) is 0 Å². The number of fused-ring (bicyclic) bond motifs is 1. The maximum Gasteiger partial charge on any atom is 0.130 e. The van der Waals surface area contributed by atoms with Crippen molar-refractivity contribution in [3.63, 3.8) is 0 Å². The molecule has 0 bridgehead atoms. The molecule has 0 saturated heterocycles. The largest absolute Gasteiger partial charge is 0.358 e. The van der Waals surface area contributed by atoms with Gasteiger partial charge in [0, 0.05) is 23.0 Å². The Kier molecular flexibility index (Phi) is 4.14. The Hall–Kier alpha value is -1.57. The van der Waals surface area contributed by atoms with Crippen LogP contribution in [0.3, 0.4) is 0 Å². The summed E-state index contributed by atoms with van der Waals surface area (Å²) in [6, 6.07) is 6.64. The summed E-state index contributed by atoms with van der Waals surface area (Å²) in [5, 5.41) is 1.32. The molecule has 0 amide bonds. The number of hydrogen-bond acceptors (Lipinski definition) is 1. The molecular weight excluding hydrogens is 258 g/mol. The number of nitrogens with one attached hydrogen (secondary N) is 1. The Bertz CT molecular complexity index is 647. The van der Waals surface area contributed by atoms with Gasteiger partial charge in [-0.2, -0.15) is 0 Å². The van der Waals surface area contributed by atoms with E-state index in [0.29, 0.717) is 12.3 Å². The predicted molar refractivity (Wildman–Crippen MR) is 87.9 cm³/mol. The first-order chi connectivity index (χ1) is 10.1. The molecule has 21 heavy (non-hydrogen) atoms. The number of carbonyl (C=O) groups excluding carboxylic acids is 1. The topological polar surface area (TPSA) is 32.9 Å². The molecule has 0 unspecified atom stereocenters. The molecule has 0 atom stereocenters. The van der Waals surface area contributed by atoms with Crippen molar-refractivity contribution in [2.45, 2.75) is 64.7 Å². The van der Waals surface area contributed by atoms with Gasteiger partial charge < -0.3 is 9.78 Å². The highest BCUT2D eigenvalue weighted by Gasteiger charge is 2.22. The molecule has 0 spiro atoms. The van der Waals surface area contributed by atoms with E-state index in [9.17, 15) is 4.79 Å². The van der Waals surface area contributed by atoms with Gasteiger partial charge in [0.25, 0.3) is 0 Å². The fourth-order valence-electron chi connectivity index (χ4n) is 3.70. The molecule has 3 rings (SSSR count). The third-order valence-corrected chi connectivity index (χ3v) is 4.84. The molecule has 1 N–H and O–H groups in total. The highest BCUT2D eigenvalue weighted by molar-refractivity contribution is 5.86. The number of Topliss-reactive ketones (excluding diaryl/α,β-unsaturated/α-hetero) is 1. The maximum atomic E-state index is 11.4. The van der Waals surface area contributed by atoms with Crippen molar-refractivity contribution in [2.75, 3.05) is 0 Å². The smallest absolute Gasteiger partial charge is 0.130 e. The third kappa shape index (κ3) is 3.04. The van der Waals surface area contributed by atoms with Crippen molar-refractivity contribution in [2.24, 2.45) is 0 Å². The fourth-order valence-corrected chi connectivity index (χ4v) is 3.70. The Labute approximate surface area is 126 Å². The zero-order valence-corrected chi connectivity index (χ0v) is 13.2. The van der Waals surface area contributed by atoms with Crippen LogP contribution >= 0.6 is 0 Å². The first-order valence-corrected chi connectivity index (χ1v) is 8.25. The van der Waals surface area contributed by atoms with E-state index in [1.165, 1.54) is 59.8 Å². The van der Waals surface area contributed by atoms with Gasteiger partial charge in [-0.3, -0.25) is 0 Å². The van der Waals surface area contributed by atoms with E-state index in [0.717, 1.165) is 6.42 Å². The van der Waals surface area contributed by atoms with E-state index < -0.39 is 0 Å². The van der Waals surface area contributed by atoms with Crippen molar-refractivity contribution >= 4 is 16.7 Å². The summed E-state index contributed by atoms with van der Waals surface area (Å²) in [5.41, 5.74) is 5.34. The molecule has 0 aliphatic heterocycles. The second-order valence-corrected chi connectivity index (χ2v) is 6.60. The van der Waals surface area contributed by atoms with Crippen LogP contribution in [0, 0.1) is 6.92 Å². The average molecular weight is 283 g/mol. The zero-order chi connectivity index (χ0) is 14.8. The van der Waals surface area contributed by atoms with Gasteiger partial charge >= 0.3 is 0 Å². The van der Waals surface area contributed by atoms with Crippen LogP contribution in [-0.2, 0) is 11.2 Å². The summed E-state index contributed by atoms with van der Waals surface area (Å²) in [6.07, 6.45) is 8.16.